The summed E-state index contributed by atoms with van der Waals surface area (Å²) in [5, 5.41) is 5.97. The zero-order valence-electron chi connectivity index (χ0n) is 17.5. The lowest BCUT2D eigenvalue weighted by molar-refractivity contribution is 0.0600. The summed E-state index contributed by atoms with van der Waals surface area (Å²) in [6, 6.07) is 17.9. The number of hydrogen-bond donors (Lipinski definition) is 2. The van der Waals surface area contributed by atoms with Crippen LogP contribution in [-0.4, -0.2) is 29.9 Å². The smallest absolute Gasteiger partial charge is 0.337 e. The summed E-state index contributed by atoms with van der Waals surface area (Å²) >= 11 is 0. The van der Waals surface area contributed by atoms with Gasteiger partial charge in [-0.15, -0.1) is 0 Å². The van der Waals surface area contributed by atoms with Gasteiger partial charge in [-0.25, -0.2) is 9.79 Å². The monoisotopic (exact) mass is 416 g/mol. The van der Waals surface area contributed by atoms with Crippen molar-refractivity contribution in [1.82, 2.24) is 10.3 Å². The van der Waals surface area contributed by atoms with Crippen molar-refractivity contribution in [2.75, 3.05) is 12.4 Å². The number of hydrogen-bond acceptors (Lipinski definition) is 5. The number of carbonyl (C=O) groups excluding carboxylic acids is 2. The van der Waals surface area contributed by atoms with Gasteiger partial charge in [0.1, 0.15) is 0 Å². The lowest BCUT2D eigenvalue weighted by Gasteiger charge is -2.12. The number of aliphatic imine (C=N–C) groups is 1. The summed E-state index contributed by atoms with van der Waals surface area (Å²) in [4.78, 5) is 32.9. The Balaban J connectivity index is 1.77. The van der Waals surface area contributed by atoms with Crippen LogP contribution in [0.2, 0.25) is 0 Å². The lowest BCUT2D eigenvalue weighted by atomic mass is 10.1. The van der Waals surface area contributed by atoms with Gasteiger partial charge >= 0.3 is 5.97 Å². The minimum atomic E-state index is -0.456. The Morgan fingerprint density at radius 3 is 2.29 bits per heavy atom. The first kappa shape index (κ1) is 21.7. The number of nitrogens with one attached hydrogen (secondary N) is 2. The summed E-state index contributed by atoms with van der Waals surface area (Å²) < 4.78 is 4.68. The number of aryl methyl sites for hydroxylation is 1. The first-order valence-corrected chi connectivity index (χ1v) is 9.88. The quantitative estimate of drug-likeness (QED) is 0.362. The minimum Gasteiger partial charge on any atom is -0.465 e. The molecule has 0 aliphatic rings. The van der Waals surface area contributed by atoms with Crippen LogP contribution in [0.15, 0.2) is 78.0 Å². The fourth-order valence-corrected chi connectivity index (χ4v) is 2.79. The molecule has 158 valence electrons. The van der Waals surface area contributed by atoms with Gasteiger partial charge < -0.3 is 10.1 Å². The van der Waals surface area contributed by atoms with Gasteiger partial charge in [-0.05, 0) is 60.0 Å². The molecule has 1 aromatic heterocycles. The van der Waals surface area contributed by atoms with Crippen molar-refractivity contribution in [1.29, 1.82) is 0 Å². The summed E-state index contributed by atoms with van der Waals surface area (Å²) in [5.74, 6) is -0.489. The second-order valence-corrected chi connectivity index (χ2v) is 6.72. The predicted octanol–water partition coefficient (Wildman–Crippen LogP) is 3.83. The van der Waals surface area contributed by atoms with Gasteiger partial charge in [0.15, 0.2) is 0 Å². The Labute approximate surface area is 181 Å². The first-order valence-electron chi connectivity index (χ1n) is 9.88. The van der Waals surface area contributed by atoms with Crippen molar-refractivity contribution in [3.63, 3.8) is 0 Å². The number of pyridine rings is 1. The topological polar surface area (TPSA) is 92.7 Å². The van der Waals surface area contributed by atoms with Gasteiger partial charge in [0, 0.05) is 23.6 Å². The van der Waals surface area contributed by atoms with E-state index in [2.05, 4.69) is 32.3 Å². The molecule has 0 atom stereocenters. The van der Waals surface area contributed by atoms with Crippen LogP contribution in [0.1, 0.15) is 38.8 Å². The average Bonchev–Trinajstić information content (AvgIpc) is 2.83. The average molecular weight is 416 g/mol. The number of guanidine groups is 1. The molecule has 1 heterocycles. The van der Waals surface area contributed by atoms with Crippen LogP contribution in [0.4, 0.5) is 5.69 Å². The molecule has 0 aliphatic carbocycles. The molecule has 0 aliphatic heterocycles. The van der Waals surface area contributed by atoms with Crippen LogP contribution in [0.3, 0.4) is 0 Å². The minimum absolute atomic E-state index is 0.315. The van der Waals surface area contributed by atoms with Crippen molar-refractivity contribution >= 4 is 23.5 Å². The van der Waals surface area contributed by atoms with E-state index in [9.17, 15) is 9.59 Å². The van der Waals surface area contributed by atoms with Crippen LogP contribution in [0, 0.1) is 0 Å². The molecule has 0 radical (unpaired) electrons. The highest BCUT2D eigenvalue weighted by Gasteiger charge is 2.12. The molecule has 0 bridgehead atoms. The SMILES string of the molecule is CCc1ccc(NC(=NCc2cccnc2)NC(=O)c2ccc(C(=O)OC)cc2)cc1. The molecular formula is C24H24N4O3. The number of nitrogens with zero attached hydrogens (tertiary/aromatic N) is 2. The van der Waals surface area contributed by atoms with Crippen molar-refractivity contribution in [2.24, 2.45) is 4.99 Å². The molecule has 3 aromatic rings. The van der Waals surface area contributed by atoms with E-state index < -0.39 is 5.97 Å². The number of rotatable bonds is 6. The number of carbonyl (C=O) groups is 2. The standard InChI is InChI=1S/C24H24N4O3/c1-3-17-6-12-21(13-7-17)27-24(26-16-18-5-4-14-25-15-18)28-22(29)19-8-10-20(11-9-19)23(30)31-2/h4-15H,3,16H2,1-2H3,(H2,26,27,28,29). The molecule has 0 saturated carbocycles. The Morgan fingerprint density at radius 2 is 1.68 bits per heavy atom. The number of amides is 1. The van der Waals surface area contributed by atoms with Crippen LogP contribution >= 0.6 is 0 Å². The van der Waals surface area contributed by atoms with Gasteiger partial charge in [-0.2, -0.15) is 0 Å². The number of aromatic nitrogens is 1. The van der Waals surface area contributed by atoms with E-state index in [1.165, 1.54) is 12.7 Å². The van der Waals surface area contributed by atoms with Crippen molar-refractivity contribution in [3.05, 3.63) is 95.3 Å². The largest absolute Gasteiger partial charge is 0.465 e. The van der Waals surface area contributed by atoms with Gasteiger partial charge in [-0.3, -0.25) is 15.1 Å². The van der Waals surface area contributed by atoms with Crippen molar-refractivity contribution < 1.29 is 14.3 Å². The third-order valence-electron chi connectivity index (χ3n) is 4.57. The molecule has 3 rings (SSSR count). The first-order chi connectivity index (χ1) is 15.1. The van der Waals surface area contributed by atoms with Gasteiger partial charge in [0.25, 0.3) is 5.91 Å². The van der Waals surface area contributed by atoms with E-state index >= 15 is 0 Å². The Bertz CT molecular complexity index is 1050. The second-order valence-electron chi connectivity index (χ2n) is 6.72. The van der Waals surface area contributed by atoms with Gasteiger partial charge in [-0.1, -0.05) is 25.1 Å². The van der Waals surface area contributed by atoms with Crippen molar-refractivity contribution in [2.45, 2.75) is 19.9 Å². The van der Waals surface area contributed by atoms with Gasteiger partial charge in [0.2, 0.25) is 5.96 Å². The molecule has 0 spiro atoms. The zero-order valence-corrected chi connectivity index (χ0v) is 17.5. The fraction of sp³-hybridized carbons (Fsp3) is 0.167. The van der Waals surface area contributed by atoms with Crippen LogP contribution in [-0.2, 0) is 17.7 Å². The molecule has 31 heavy (non-hydrogen) atoms. The Morgan fingerprint density at radius 1 is 0.968 bits per heavy atom. The van der Waals surface area contributed by atoms with Crippen LogP contribution in [0.5, 0.6) is 0 Å². The maximum Gasteiger partial charge on any atom is 0.337 e. The molecule has 1 amide bonds. The maximum atomic E-state index is 12.7. The lowest BCUT2D eigenvalue weighted by Crippen LogP contribution is -2.36. The molecule has 7 nitrogen and oxygen atoms in total. The van der Waals surface area contributed by atoms with E-state index in [4.69, 9.17) is 0 Å². The summed E-state index contributed by atoms with van der Waals surface area (Å²) in [6.07, 6.45) is 4.37. The maximum absolute atomic E-state index is 12.7. The third-order valence-corrected chi connectivity index (χ3v) is 4.57. The predicted molar refractivity (Wildman–Crippen MR) is 120 cm³/mol. The summed E-state index contributed by atoms with van der Waals surface area (Å²) in [6.45, 7) is 2.44. The van der Waals surface area contributed by atoms with E-state index in [0.717, 1.165) is 17.7 Å². The highest BCUT2D eigenvalue weighted by atomic mass is 16.5. The van der Waals surface area contributed by atoms with E-state index in [-0.39, 0.29) is 5.91 Å². The highest BCUT2D eigenvalue weighted by Crippen LogP contribution is 2.11. The molecule has 0 saturated heterocycles. The third kappa shape index (κ3) is 6.24. The number of ether oxygens (including phenoxy) is 1. The zero-order chi connectivity index (χ0) is 22.1. The highest BCUT2D eigenvalue weighted by molar-refractivity contribution is 6.10. The normalized spacial score (nSPS) is 11.0. The molecule has 0 unspecified atom stereocenters. The van der Waals surface area contributed by atoms with E-state index in [1.807, 2.05) is 36.4 Å². The van der Waals surface area contributed by atoms with Gasteiger partial charge in [0.05, 0.1) is 19.2 Å². The number of methoxy groups -OCH3 is 1. The second kappa shape index (κ2) is 10.7. The molecule has 2 N–H and O–H groups in total. The summed E-state index contributed by atoms with van der Waals surface area (Å²) in [5.41, 5.74) is 3.71. The van der Waals surface area contributed by atoms with Crippen LogP contribution < -0.4 is 10.6 Å². The number of benzene rings is 2. The molecule has 2 aromatic carbocycles. The van der Waals surface area contributed by atoms with Crippen LogP contribution in [0.25, 0.3) is 0 Å². The molecule has 7 heteroatoms. The van der Waals surface area contributed by atoms with E-state index in [1.54, 1.807) is 36.7 Å². The molecule has 0 fully saturated rings. The molecular weight excluding hydrogens is 392 g/mol. The number of esters is 1. The van der Waals surface area contributed by atoms with Crippen molar-refractivity contribution in [3.8, 4) is 0 Å². The Kier molecular flexibility index (Phi) is 7.48. The van der Waals surface area contributed by atoms with E-state index in [0.29, 0.717) is 23.6 Å². The summed E-state index contributed by atoms with van der Waals surface area (Å²) in [7, 11) is 1.31. The Hall–Kier alpha value is -4.00. The fourth-order valence-electron chi connectivity index (χ4n) is 2.79. The number of anilines is 1.